The van der Waals surface area contributed by atoms with E-state index in [1.807, 2.05) is 6.07 Å². The van der Waals surface area contributed by atoms with Crippen molar-refractivity contribution in [2.75, 3.05) is 25.6 Å². The molecule has 1 aromatic carbocycles. The molecule has 1 N–H and O–H groups in total. The maximum absolute atomic E-state index is 5.88. The molecule has 0 aromatic heterocycles. The zero-order valence-corrected chi connectivity index (χ0v) is 11.1. The Morgan fingerprint density at radius 1 is 1.32 bits per heavy atom. The summed E-state index contributed by atoms with van der Waals surface area (Å²) in [7, 11) is 1.72. The molecule has 1 saturated heterocycles. The largest absolute Gasteiger partial charge is 0.497 e. The molecule has 2 unspecified atom stereocenters. The van der Waals surface area contributed by atoms with Crippen LogP contribution in [0.3, 0.4) is 0 Å². The molecule has 0 bridgehead atoms. The third-order valence-corrected chi connectivity index (χ3v) is 4.67. The third-order valence-electron chi connectivity index (χ3n) is 4.67. The lowest BCUT2D eigenvalue weighted by atomic mass is 9.79. The molecule has 0 amide bonds. The van der Waals surface area contributed by atoms with E-state index in [-0.39, 0.29) is 5.79 Å². The fourth-order valence-corrected chi connectivity index (χ4v) is 3.72. The van der Waals surface area contributed by atoms with E-state index in [2.05, 4.69) is 17.4 Å². The van der Waals surface area contributed by atoms with Gasteiger partial charge in [-0.2, -0.15) is 0 Å². The molecule has 2 fully saturated rings. The molecule has 4 rings (SSSR count). The Morgan fingerprint density at radius 3 is 2.95 bits per heavy atom. The molecule has 4 heteroatoms. The summed E-state index contributed by atoms with van der Waals surface area (Å²) in [4.78, 5) is 0. The molecule has 19 heavy (non-hydrogen) atoms. The number of benzene rings is 1. The second-order valence-corrected chi connectivity index (χ2v) is 5.66. The van der Waals surface area contributed by atoms with Crippen molar-refractivity contribution >= 4 is 5.69 Å². The third kappa shape index (κ3) is 1.74. The number of methoxy groups -OCH3 is 1. The van der Waals surface area contributed by atoms with Crippen LogP contribution < -0.4 is 10.1 Å². The van der Waals surface area contributed by atoms with Crippen molar-refractivity contribution in [3.8, 4) is 5.75 Å². The molecule has 2 heterocycles. The van der Waals surface area contributed by atoms with Crippen molar-refractivity contribution in [3.05, 3.63) is 23.8 Å². The first-order chi connectivity index (χ1) is 9.30. The second kappa shape index (κ2) is 4.12. The van der Waals surface area contributed by atoms with E-state index in [1.54, 1.807) is 7.11 Å². The van der Waals surface area contributed by atoms with Crippen LogP contribution in [0, 0.1) is 0 Å². The van der Waals surface area contributed by atoms with Crippen molar-refractivity contribution < 1.29 is 14.2 Å². The van der Waals surface area contributed by atoms with Gasteiger partial charge in [-0.3, -0.25) is 0 Å². The van der Waals surface area contributed by atoms with Crippen molar-refractivity contribution in [3.63, 3.8) is 0 Å². The summed E-state index contributed by atoms with van der Waals surface area (Å²) in [6.45, 7) is 1.46. The lowest BCUT2D eigenvalue weighted by molar-refractivity contribution is -0.181. The topological polar surface area (TPSA) is 39.7 Å². The van der Waals surface area contributed by atoms with Crippen molar-refractivity contribution in [1.29, 1.82) is 0 Å². The van der Waals surface area contributed by atoms with Gasteiger partial charge in [0.1, 0.15) is 5.75 Å². The van der Waals surface area contributed by atoms with Gasteiger partial charge in [-0.05, 0) is 30.2 Å². The highest BCUT2D eigenvalue weighted by atomic mass is 16.7. The molecule has 1 spiro atoms. The zero-order valence-electron chi connectivity index (χ0n) is 11.1. The Morgan fingerprint density at radius 2 is 2.16 bits per heavy atom. The highest BCUT2D eigenvalue weighted by Crippen LogP contribution is 2.50. The molecule has 0 radical (unpaired) electrons. The molecule has 1 aromatic rings. The van der Waals surface area contributed by atoms with Crippen LogP contribution in [0.25, 0.3) is 0 Å². The summed E-state index contributed by atoms with van der Waals surface area (Å²) in [5, 5.41) is 3.63. The van der Waals surface area contributed by atoms with Crippen molar-refractivity contribution in [2.45, 2.75) is 37.0 Å². The predicted octanol–water partition coefficient (Wildman–Crippen LogP) is 2.50. The van der Waals surface area contributed by atoms with Gasteiger partial charge in [-0.1, -0.05) is 0 Å². The van der Waals surface area contributed by atoms with E-state index < -0.39 is 0 Å². The number of ether oxygens (including phenoxy) is 3. The average molecular weight is 261 g/mol. The fourth-order valence-electron chi connectivity index (χ4n) is 3.72. The monoisotopic (exact) mass is 261 g/mol. The van der Waals surface area contributed by atoms with Crippen molar-refractivity contribution in [1.82, 2.24) is 0 Å². The standard InChI is InChI=1S/C15H19NO3/c1-17-10-2-3-13-11(8-10)12-9-15(18-6-7-19-15)5-4-14(12)16-13/h2-3,8,12,14,16H,4-7,9H2,1H3. The predicted molar refractivity (Wildman–Crippen MR) is 71.6 cm³/mol. The quantitative estimate of drug-likeness (QED) is 0.843. The molecule has 1 saturated carbocycles. The van der Waals surface area contributed by atoms with Gasteiger partial charge in [0.2, 0.25) is 0 Å². The van der Waals surface area contributed by atoms with Crippen LogP contribution in [0.15, 0.2) is 18.2 Å². The molecule has 4 nitrogen and oxygen atoms in total. The number of nitrogens with one attached hydrogen (secondary N) is 1. The van der Waals surface area contributed by atoms with Crippen LogP contribution >= 0.6 is 0 Å². The molecular formula is C15H19NO3. The van der Waals surface area contributed by atoms with Gasteiger partial charge < -0.3 is 19.5 Å². The average Bonchev–Trinajstić information content (AvgIpc) is 3.03. The number of hydrogen-bond acceptors (Lipinski definition) is 4. The Labute approximate surface area is 113 Å². The summed E-state index contributed by atoms with van der Waals surface area (Å²) >= 11 is 0. The van der Waals surface area contributed by atoms with Crippen LogP contribution in [-0.2, 0) is 9.47 Å². The van der Waals surface area contributed by atoms with Crippen LogP contribution in [0.2, 0.25) is 0 Å². The molecular weight excluding hydrogens is 242 g/mol. The first-order valence-corrected chi connectivity index (χ1v) is 7.02. The minimum Gasteiger partial charge on any atom is -0.497 e. The first-order valence-electron chi connectivity index (χ1n) is 7.02. The summed E-state index contributed by atoms with van der Waals surface area (Å²) < 4.78 is 17.1. The van der Waals surface area contributed by atoms with Crippen LogP contribution in [0.1, 0.15) is 30.7 Å². The Balaban J connectivity index is 1.67. The van der Waals surface area contributed by atoms with E-state index in [0.717, 1.165) is 38.2 Å². The van der Waals surface area contributed by atoms with E-state index in [0.29, 0.717) is 12.0 Å². The van der Waals surface area contributed by atoms with Crippen LogP contribution in [-0.4, -0.2) is 32.2 Å². The fraction of sp³-hybridized carbons (Fsp3) is 0.600. The van der Waals surface area contributed by atoms with Crippen LogP contribution in [0.5, 0.6) is 5.75 Å². The normalized spacial score (nSPS) is 30.8. The Kier molecular flexibility index (Phi) is 2.50. The summed E-state index contributed by atoms with van der Waals surface area (Å²) in [5.74, 6) is 1.07. The second-order valence-electron chi connectivity index (χ2n) is 5.66. The number of fused-ring (bicyclic) bond motifs is 3. The van der Waals surface area contributed by atoms with Gasteiger partial charge in [-0.15, -0.1) is 0 Å². The lowest BCUT2D eigenvalue weighted by Gasteiger charge is -2.38. The summed E-state index contributed by atoms with van der Waals surface area (Å²) in [5.41, 5.74) is 2.59. The highest BCUT2D eigenvalue weighted by Gasteiger charge is 2.48. The van der Waals surface area contributed by atoms with Gasteiger partial charge in [0, 0.05) is 30.5 Å². The van der Waals surface area contributed by atoms with Gasteiger partial charge in [0.05, 0.1) is 20.3 Å². The summed E-state index contributed by atoms with van der Waals surface area (Å²) in [6, 6.07) is 6.80. The van der Waals surface area contributed by atoms with Gasteiger partial charge >= 0.3 is 0 Å². The molecule has 3 aliphatic rings. The first kappa shape index (κ1) is 11.6. The van der Waals surface area contributed by atoms with Crippen LogP contribution in [0.4, 0.5) is 5.69 Å². The molecule has 2 atom stereocenters. The van der Waals surface area contributed by atoms with Gasteiger partial charge in [0.15, 0.2) is 5.79 Å². The zero-order chi connectivity index (χ0) is 12.9. The highest BCUT2D eigenvalue weighted by molar-refractivity contribution is 5.62. The number of rotatable bonds is 1. The van der Waals surface area contributed by atoms with Crippen molar-refractivity contribution in [2.24, 2.45) is 0 Å². The molecule has 102 valence electrons. The summed E-state index contributed by atoms with van der Waals surface area (Å²) in [6.07, 6.45) is 3.04. The molecule has 1 aliphatic carbocycles. The SMILES string of the molecule is COc1ccc2c(c1)C1CC3(CCC1N2)OCCO3. The van der Waals surface area contributed by atoms with E-state index >= 15 is 0 Å². The lowest BCUT2D eigenvalue weighted by Crippen LogP contribution is -2.41. The molecule has 2 aliphatic heterocycles. The van der Waals surface area contributed by atoms with Gasteiger partial charge in [0.25, 0.3) is 0 Å². The van der Waals surface area contributed by atoms with E-state index in [4.69, 9.17) is 14.2 Å². The van der Waals surface area contributed by atoms with E-state index in [1.165, 1.54) is 11.3 Å². The van der Waals surface area contributed by atoms with E-state index in [9.17, 15) is 0 Å². The Bertz CT molecular complexity index is 496. The maximum atomic E-state index is 5.88. The minimum atomic E-state index is -0.326. The smallest absolute Gasteiger partial charge is 0.169 e. The van der Waals surface area contributed by atoms with Gasteiger partial charge in [-0.25, -0.2) is 0 Å². The number of anilines is 1. The number of hydrogen-bond donors (Lipinski definition) is 1. The Hall–Kier alpha value is -1.26. The maximum Gasteiger partial charge on any atom is 0.169 e. The minimum absolute atomic E-state index is 0.326.